The van der Waals surface area contributed by atoms with Crippen molar-refractivity contribution in [1.29, 1.82) is 0 Å². The minimum Gasteiger partial charge on any atom is -0.480 e. The highest BCUT2D eigenvalue weighted by Gasteiger charge is 2.39. The second-order valence-corrected chi connectivity index (χ2v) is 5.47. The highest BCUT2D eigenvalue weighted by atomic mass is 35.5. The zero-order valence-electron chi connectivity index (χ0n) is 11.2. The fourth-order valence-electron chi connectivity index (χ4n) is 2.40. The summed E-state index contributed by atoms with van der Waals surface area (Å²) in [6.07, 6.45) is 0.128. The van der Waals surface area contributed by atoms with Gasteiger partial charge in [0.15, 0.2) is 0 Å². The van der Waals surface area contributed by atoms with Gasteiger partial charge in [0.1, 0.15) is 6.04 Å². The van der Waals surface area contributed by atoms with Crippen LogP contribution in [-0.4, -0.2) is 40.4 Å². The molecule has 7 heteroatoms. The molecule has 2 rings (SSSR count). The number of hydrogen-bond acceptors (Lipinski definition) is 3. The summed E-state index contributed by atoms with van der Waals surface area (Å²) in [5.74, 6) is -2.67. The number of rotatable bonds is 5. The molecule has 0 bridgehead atoms. The summed E-state index contributed by atoms with van der Waals surface area (Å²) in [6, 6.07) is 5.74. The van der Waals surface area contributed by atoms with Gasteiger partial charge in [0.2, 0.25) is 11.8 Å². The molecule has 2 atom stereocenters. The van der Waals surface area contributed by atoms with Crippen molar-refractivity contribution in [3.05, 3.63) is 34.9 Å². The summed E-state index contributed by atoms with van der Waals surface area (Å²) >= 11 is 5.78. The van der Waals surface area contributed by atoms with Gasteiger partial charge in [-0.15, -0.1) is 0 Å². The lowest BCUT2D eigenvalue weighted by atomic mass is 10.0. The lowest BCUT2D eigenvalue weighted by molar-refractivity contribution is -0.148. The summed E-state index contributed by atoms with van der Waals surface area (Å²) in [5, 5.41) is 9.91. The van der Waals surface area contributed by atoms with Gasteiger partial charge < -0.3 is 15.7 Å². The molecule has 6 nitrogen and oxygen atoms in total. The van der Waals surface area contributed by atoms with Crippen LogP contribution in [0.4, 0.5) is 0 Å². The third-order valence-electron chi connectivity index (χ3n) is 3.56. The van der Waals surface area contributed by atoms with E-state index in [4.69, 9.17) is 17.3 Å². The van der Waals surface area contributed by atoms with Gasteiger partial charge in [0.05, 0.1) is 5.92 Å². The van der Waals surface area contributed by atoms with Crippen molar-refractivity contribution in [2.75, 3.05) is 6.54 Å². The number of hydrogen-bond donors (Lipinski definition) is 2. The van der Waals surface area contributed by atoms with E-state index in [1.807, 2.05) is 0 Å². The van der Waals surface area contributed by atoms with Crippen molar-refractivity contribution >= 4 is 29.4 Å². The second-order valence-electron chi connectivity index (χ2n) is 5.03. The summed E-state index contributed by atoms with van der Waals surface area (Å²) in [4.78, 5) is 35.7. The number of halogens is 1. The van der Waals surface area contributed by atoms with Gasteiger partial charge in [0.25, 0.3) is 0 Å². The lowest BCUT2D eigenvalue weighted by Gasteiger charge is -2.24. The average molecular weight is 311 g/mol. The largest absolute Gasteiger partial charge is 0.480 e. The minimum atomic E-state index is -1.11. The van der Waals surface area contributed by atoms with Crippen molar-refractivity contribution in [2.24, 2.45) is 11.7 Å². The molecule has 1 aliphatic heterocycles. The molecule has 0 aliphatic carbocycles. The number of carbonyl (C=O) groups excluding carboxylic acids is 2. The SMILES string of the molecule is NC(=O)C1CC(=O)N(C(Cc2ccc(Cl)cc2)C(=O)O)C1. The summed E-state index contributed by atoms with van der Waals surface area (Å²) < 4.78 is 0. The van der Waals surface area contributed by atoms with Crippen molar-refractivity contribution in [1.82, 2.24) is 4.90 Å². The summed E-state index contributed by atoms with van der Waals surface area (Å²) in [7, 11) is 0. The van der Waals surface area contributed by atoms with Crippen LogP contribution in [0, 0.1) is 5.92 Å². The van der Waals surface area contributed by atoms with Crippen molar-refractivity contribution in [3.8, 4) is 0 Å². The smallest absolute Gasteiger partial charge is 0.326 e. The fourth-order valence-corrected chi connectivity index (χ4v) is 2.52. The van der Waals surface area contributed by atoms with E-state index in [0.29, 0.717) is 5.02 Å². The Morgan fingerprint density at radius 2 is 2.00 bits per heavy atom. The molecule has 2 amide bonds. The highest BCUT2D eigenvalue weighted by Crippen LogP contribution is 2.22. The number of benzene rings is 1. The van der Waals surface area contributed by atoms with Gasteiger partial charge in [-0.2, -0.15) is 0 Å². The minimum absolute atomic E-state index is 0.0280. The Morgan fingerprint density at radius 3 is 2.48 bits per heavy atom. The number of amides is 2. The molecule has 1 heterocycles. The van der Waals surface area contributed by atoms with Crippen LogP contribution in [0.15, 0.2) is 24.3 Å². The van der Waals surface area contributed by atoms with Crippen LogP contribution in [0.3, 0.4) is 0 Å². The van der Waals surface area contributed by atoms with Crippen molar-refractivity contribution in [3.63, 3.8) is 0 Å². The maximum atomic E-state index is 11.9. The topological polar surface area (TPSA) is 101 Å². The van der Waals surface area contributed by atoms with E-state index in [1.54, 1.807) is 24.3 Å². The quantitative estimate of drug-likeness (QED) is 0.834. The van der Waals surface area contributed by atoms with E-state index in [2.05, 4.69) is 0 Å². The third-order valence-corrected chi connectivity index (χ3v) is 3.82. The monoisotopic (exact) mass is 310 g/mol. The van der Waals surface area contributed by atoms with Crippen LogP contribution >= 0.6 is 11.6 Å². The first-order valence-electron chi connectivity index (χ1n) is 6.44. The van der Waals surface area contributed by atoms with Gasteiger partial charge >= 0.3 is 5.97 Å². The number of nitrogens with two attached hydrogens (primary N) is 1. The van der Waals surface area contributed by atoms with E-state index >= 15 is 0 Å². The molecule has 21 heavy (non-hydrogen) atoms. The van der Waals surface area contributed by atoms with Crippen LogP contribution in [-0.2, 0) is 20.8 Å². The van der Waals surface area contributed by atoms with Crippen LogP contribution in [0.2, 0.25) is 5.02 Å². The third kappa shape index (κ3) is 3.52. The van der Waals surface area contributed by atoms with Gasteiger partial charge in [-0.3, -0.25) is 9.59 Å². The number of primary amides is 1. The molecule has 1 aliphatic rings. The Balaban J connectivity index is 2.16. The zero-order chi connectivity index (χ0) is 15.6. The molecular weight excluding hydrogens is 296 g/mol. The molecule has 0 saturated carbocycles. The number of aliphatic carboxylic acids is 1. The van der Waals surface area contributed by atoms with E-state index in [1.165, 1.54) is 4.90 Å². The Bertz CT molecular complexity index is 573. The van der Waals surface area contributed by atoms with Crippen LogP contribution in [0.1, 0.15) is 12.0 Å². The van der Waals surface area contributed by atoms with Crippen molar-refractivity contribution < 1.29 is 19.5 Å². The van der Waals surface area contributed by atoms with Gasteiger partial charge in [-0.1, -0.05) is 23.7 Å². The molecule has 1 saturated heterocycles. The molecule has 1 aromatic rings. The number of carbonyl (C=O) groups is 3. The number of carboxylic acids is 1. The number of likely N-dealkylation sites (tertiary alicyclic amines) is 1. The molecule has 112 valence electrons. The molecular formula is C14H15ClN2O4. The summed E-state index contributed by atoms with van der Waals surface area (Å²) in [6.45, 7) is 0.0543. The highest BCUT2D eigenvalue weighted by molar-refractivity contribution is 6.30. The second kappa shape index (κ2) is 6.13. The van der Waals surface area contributed by atoms with Crippen molar-refractivity contribution in [2.45, 2.75) is 18.9 Å². The fraction of sp³-hybridized carbons (Fsp3) is 0.357. The van der Waals surface area contributed by atoms with Gasteiger partial charge in [-0.25, -0.2) is 4.79 Å². The Labute approximate surface area is 126 Å². The number of carboxylic acid groups (broad SMARTS) is 1. The van der Waals surface area contributed by atoms with E-state index in [0.717, 1.165) is 5.56 Å². The van der Waals surface area contributed by atoms with Crippen LogP contribution in [0.5, 0.6) is 0 Å². The predicted octanol–water partition coefficient (Wildman–Crippen LogP) is 0.669. The number of nitrogens with zero attached hydrogens (tertiary/aromatic N) is 1. The normalized spacial score (nSPS) is 19.6. The summed E-state index contributed by atoms with van der Waals surface area (Å²) in [5.41, 5.74) is 5.94. The Hall–Kier alpha value is -2.08. The maximum absolute atomic E-state index is 11.9. The standard InChI is InChI=1S/C14H15ClN2O4/c15-10-3-1-8(2-4-10)5-11(14(20)21)17-7-9(13(16)19)6-12(17)18/h1-4,9,11H,5-7H2,(H2,16,19)(H,20,21). The molecule has 0 spiro atoms. The molecule has 1 fully saturated rings. The predicted molar refractivity (Wildman–Crippen MR) is 75.6 cm³/mol. The van der Waals surface area contributed by atoms with E-state index < -0.39 is 23.8 Å². The van der Waals surface area contributed by atoms with Crippen LogP contribution < -0.4 is 5.73 Å². The molecule has 3 N–H and O–H groups in total. The van der Waals surface area contributed by atoms with E-state index in [-0.39, 0.29) is 25.3 Å². The molecule has 2 unspecified atom stereocenters. The Kier molecular flexibility index (Phi) is 4.47. The van der Waals surface area contributed by atoms with Gasteiger partial charge in [0, 0.05) is 24.4 Å². The van der Waals surface area contributed by atoms with Gasteiger partial charge in [-0.05, 0) is 17.7 Å². The molecule has 0 radical (unpaired) electrons. The molecule has 0 aromatic heterocycles. The lowest BCUT2D eigenvalue weighted by Crippen LogP contribution is -2.44. The molecule has 1 aromatic carbocycles. The van der Waals surface area contributed by atoms with Crippen LogP contribution in [0.25, 0.3) is 0 Å². The zero-order valence-corrected chi connectivity index (χ0v) is 11.9. The van der Waals surface area contributed by atoms with E-state index in [9.17, 15) is 19.5 Å². The maximum Gasteiger partial charge on any atom is 0.326 e. The first-order valence-corrected chi connectivity index (χ1v) is 6.82. The first kappa shape index (κ1) is 15.3. The first-order chi connectivity index (χ1) is 9.88. The average Bonchev–Trinajstić information content (AvgIpc) is 2.80. The Morgan fingerprint density at radius 1 is 1.38 bits per heavy atom.